The quantitative estimate of drug-likeness (QED) is 0.0932. The molecule has 4 aromatic rings. The zero-order valence-corrected chi connectivity index (χ0v) is 19.1. The van der Waals surface area contributed by atoms with Crippen LogP contribution in [-0.4, -0.2) is 16.8 Å². The van der Waals surface area contributed by atoms with Crippen molar-refractivity contribution in [3.63, 3.8) is 0 Å². The predicted octanol–water partition coefficient (Wildman–Crippen LogP) is 5.82. The summed E-state index contributed by atoms with van der Waals surface area (Å²) in [4.78, 5) is 36.2. The normalized spacial score (nSPS) is 10.9. The molecule has 0 aliphatic heterocycles. The van der Waals surface area contributed by atoms with Crippen molar-refractivity contribution in [3.05, 3.63) is 117 Å². The second kappa shape index (κ2) is 10.3. The molecule has 1 N–H and O–H groups in total. The Morgan fingerprint density at radius 2 is 1.72 bits per heavy atom. The molecule has 4 rings (SSSR count). The molecule has 0 spiro atoms. The summed E-state index contributed by atoms with van der Waals surface area (Å²) >= 11 is 0. The summed E-state index contributed by atoms with van der Waals surface area (Å²) < 4.78 is 5.65. The molecule has 36 heavy (non-hydrogen) atoms. The van der Waals surface area contributed by atoms with Gasteiger partial charge in [-0.3, -0.25) is 14.9 Å². The van der Waals surface area contributed by atoms with E-state index < -0.39 is 16.8 Å². The van der Waals surface area contributed by atoms with Gasteiger partial charge in [-0.2, -0.15) is 5.26 Å². The molecule has 176 valence electrons. The molecule has 8 nitrogen and oxygen atoms in total. The molecular formula is C28H19N3O5. The molecule has 0 aromatic heterocycles. The number of benzene rings is 4. The summed E-state index contributed by atoms with van der Waals surface area (Å²) in [7, 11) is 0. The predicted molar refractivity (Wildman–Crippen MR) is 135 cm³/mol. The molecule has 0 atom stereocenters. The van der Waals surface area contributed by atoms with E-state index in [2.05, 4.69) is 5.32 Å². The molecule has 1 amide bonds. The number of carbonyl (C=O) groups excluding carboxylic acids is 2. The van der Waals surface area contributed by atoms with E-state index in [1.165, 1.54) is 24.3 Å². The third kappa shape index (κ3) is 5.11. The first kappa shape index (κ1) is 23.9. The molecular weight excluding hydrogens is 458 g/mol. The Hall–Kier alpha value is -5.29. The lowest BCUT2D eigenvalue weighted by molar-refractivity contribution is -0.384. The summed E-state index contributed by atoms with van der Waals surface area (Å²) in [5.74, 6) is -1.09. The van der Waals surface area contributed by atoms with Crippen molar-refractivity contribution in [2.24, 2.45) is 0 Å². The zero-order valence-electron chi connectivity index (χ0n) is 19.1. The first-order valence-corrected chi connectivity index (χ1v) is 10.8. The number of nitro groups is 1. The minimum absolute atomic E-state index is 0.108. The highest BCUT2D eigenvalue weighted by Gasteiger charge is 2.17. The summed E-state index contributed by atoms with van der Waals surface area (Å²) in [5, 5.41) is 24.8. The Bertz CT molecular complexity index is 1580. The van der Waals surface area contributed by atoms with Crippen LogP contribution in [0.1, 0.15) is 21.5 Å². The number of nitrogens with zero attached hydrogens (tertiary/aromatic N) is 2. The number of carbonyl (C=O) groups is 2. The lowest BCUT2D eigenvalue weighted by atomic mass is 10.0. The van der Waals surface area contributed by atoms with Crippen LogP contribution in [0.2, 0.25) is 0 Å². The Balaban J connectivity index is 1.60. The van der Waals surface area contributed by atoms with E-state index in [1.807, 2.05) is 36.4 Å². The monoisotopic (exact) mass is 477 g/mol. The van der Waals surface area contributed by atoms with Gasteiger partial charge >= 0.3 is 5.97 Å². The van der Waals surface area contributed by atoms with Crippen molar-refractivity contribution >= 4 is 40.1 Å². The Morgan fingerprint density at radius 1 is 1.00 bits per heavy atom. The van der Waals surface area contributed by atoms with Crippen molar-refractivity contribution in [1.29, 1.82) is 5.26 Å². The van der Waals surface area contributed by atoms with Crippen molar-refractivity contribution in [2.45, 2.75) is 6.92 Å². The first-order chi connectivity index (χ1) is 17.4. The molecule has 0 fully saturated rings. The molecule has 0 aliphatic rings. The lowest BCUT2D eigenvalue weighted by Crippen LogP contribution is -2.14. The van der Waals surface area contributed by atoms with Gasteiger partial charge in [0.2, 0.25) is 0 Å². The average molecular weight is 477 g/mol. The first-order valence-electron chi connectivity index (χ1n) is 10.8. The van der Waals surface area contributed by atoms with Crippen molar-refractivity contribution in [1.82, 2.24) is 0 Å². The topological polar surface area (TPSA) is 122 Å². The third-order valence-electron chi connectivity index (χ3n) is 5.47. The van der Waals surface area contributed by atoms with E-state index in [0.29, 0.717) is 22.4 Å². The molecule has 0 saturated heterocycles. The molecule has 0 bridgehead atoms. The number of nitro benzene ring substituents is 1. The number of hydrogen-bond donors (Lipinski definition) is 1. The summed E-state index contributed by atoms with van der Waals surface area (Å²) in [5.41, 5.74) is 1.21. The summed E-state index contributed by atoms with van der Waals surface area (Å²) in [6, 6.07) is 25.2. The van der Waals surface area contributed by atoms with Crippen LogP contribution in [0.5, 0.6) is 5.75 Å². The molecule has 0 aliphatic carbocycles. The van der Waals surface area contributed by atoms with Gasteiger partial charge in [-0.25, -0.2) is 4.79 Å². The molecule has 4 aromatic carbocycles. The van der Waals surface area contributed by atoms with Gasteiger partial charge in [0, 0.05) is 23.4 Å². The van der Waals surface area contributed by atoms with Gasteiger partial charge in [-0.05, 0) is 47.5 Å². The molecule has 8 heteroatoms. The number of non-ortho nitro benzene ring substituents is 1. The van der Waals surface area contributed by atoms with Gasteiger partial charge in [-0.15, -0.1) is 0 Å². The maximum Gasteiger partial charge on any atom is 0.344 e. The Kier molecular flexibility index (Phi) is 6.84. The number of aryl methyl sites for hydroxylation is 1. The van der Waals surface area contributed by atoms with Crippen LogP contribution < -0.4 is 10.1 Å². The number of nitrogens with one attached hydrogen (secondary N) is 1. The molecule has 0 heterocycles. The van der Waals surface area contributed by atoms with Gasteiger partial charge in [0.1, 0.15) is 17.4 Å². The minimum Gasteiger partial charge on any atom is -0.422 e. The standard InChI is InChI=1S/C28H19N3O5/c1-18-15-22(31(34)35)13-14-25(18)30-27(32)21(17-29)16-20-8-3-5-12-26(20)36-28(33)24-11-6-9-19-7-2-4-10-23(19)24/h2-16H,1H3,(H,30,32)/b21-16+. The third-order valence-corrected chi connectivity index (χ3v) is 5.47. The van der Waals surface area contributed by atoms with Crippen LogP contribution in [-0.2, 0) is 4.79 Å². The zero-order chi connectivity index (χ0) is 25.7. The lowest BCUT2D eigenvalue weighted by Gasteiger charge is -2.10. The van der Waals surface area contributed by atoms with Gasteiger partial charge in [-0.1, -0.05) is 54.6 Å². The van der Waals surface area contributed by atoms with Gasteiger partial charge in [0.25, 0.3) is 11.6 Å². The number of rotatable bonds is 6. The number of ether oxygens (including phenoxy) is 1. The summed E-state index contributed by atoms with van der Waals surface area (Å²) in [6.45, 7) is 1.61. The number of para-hydroxylation sites is 1. The van der Waals surface area contributed by atoms with E-state index in [9.17, 15) is 25.0 Å². The highest BCUT2D eigenvalue weighted by molar-refractivity contribution is 6.10. The maximum atomic E-state index is 13.0. The van der Waals surface area contributed by atoms with Gasteiger partial charge < -0.3 is 10.1 Å². The minimum atomic E-state index is -0.704. The fourth-order valence-corrected chi connectivity index (χ4v) is 3.65. The van der Waals surface area contributed by atoms with Crippen LogP contribution in [0.15, 0.2) is 90.5 Å². The van der Waals surface area contributed by atoms with Crippen LogP contribution in [0.3, 0.4) is 0 Å². The fraction of sp³-hybridized carbons (Fsp3) is 0.0357. The second-order valence-electron chi connectivity index (χ2n) is 7.83. The number of hydrogen-bond acceptors (Lipinski definition) is 6. The highest BCUT2D eigenvalue weighted by Crippen LogP contribution is 2.26. The second-order valence-corrected chi connectivity index (χ2v) is 7.83. The van der Waals surface area contributed by atoms with Crippen LogP contribution in [0.4, 0.5) is 11.4 Å². The van der Waals surface area contributed by atoms with E-state index in [0.717, 1.165) is 10.8 Å². The number of esters is 1. The van der Waals surface area contributed by atoms with E-state index in [-0.39, 0.29) is 17.0 Å². The van der Waals surface area contributed by atoms with Gasteiger partial charge in [0.05, 0.1) is 10.5 Å². The molecule has 0 unspecified atom stereocenters. The van der Waals surface area contributed by atoms with Crippen LogP contribution >= 0.6 is 0 Å². The highest BCUT2D eigenvalue weighted by atomic mass is 16.6. The SMILES string of the molecule is Cc1cc([N+](=O)[O-])ccc1NC(=O)/C(C#N)=C/c1ccccc1OC(=O)c1cccc2ccccc12. The maximum absolute atomic E-state index is 13.0. The van der Waals surface area contributed by atoms with Crippen LogP contribution in [0, 0.1) is 28.4 Å². The van der Waals surface area contributed by atoms with E-state index in [1.54, 1.807) is 43.3 Å². The number of fused-ring (bicyclic) bond motifs is 1. The molecule has 0 saturated carbocycles. The van der Waals surface area contributed by atoms with Crippen molar-refractivity contribution in [3.8, 4) is 11.8 Å². The summed E-state index contributed by atoms with van der Waals surface area (Å²) in [6.07, 6.45) is 1.32. The average Bonchev–Trinajstić information content (AvgIpc) is 2.88. The van der Waals surface area contributed by atoms with Crippen molar-refractivity contribution < 1.29 is 19.2 Å². The number of nitriles is 1. The number of anilines is 1. The smallest absolute Gasteiger partial charge is 0.344 e. The largest absolute Gasteiger partial charge is 0.422 e. The molecule has 0 radical (unpaired) electrons. The fourth-order valence-electron chi connectivity index (χ4n) is 3.65. The van der Waals surface area contributed by atoms with Gasteiger partial charge in [0.15, 0.2) is 0 Å². The van der Waals surface area contributed by atoms with Crippen LogP contribution in [0.25, 0.3) is 16.8 Å². The Morgan fingerprint density at radius 3 is 2.47 bits per heavy atom. The number of amides is 1. The van der Waals surface area contributed by atoms with E-state index in [4.69, 9.17) is 4.74 Å². The Labute approximate surface area is 206 Å². The van der Waals surface area contributed by atoms with Crippen molar-refractivity contribution in [2.75, 3.05) is 5.32 Å². The van der Waals surface area contributed by atoms with E-state index >= 15 is 0 Å².